The Hall–Kier alpha value is 0.140. The average Bonchev–Trinajstić information content (AvgIpc) is 2.62. The van der Waals surface area contributed by atoms with Crippen molar-refractivity contribution in [1.29, 1.82) is 0 Å². The topological polar surface area (TPSA) is 20.2 Å². The number of aliphatic hydroxyl groups is 1. The Labute approximate surface area is 123 Å². The summed E-state index contributed by atoms with van der Waals surface area (Å²) in [6.07, 6.45) is 9.11. The molecule has 102 valence electrons. The van der Waals surface area contributed by atoms with Crippen molar-refractivity contribution in [2.75, 3.05) is 0 Å². The van der Waals surface area contributed by atoms with Crippen molar-refractivity contribution < 1.29 is 5.11 Å². The van der Waals surface area contributed by atoms with Crippen LogP contribution in [-0.2, 0) is 6.42 Å². The highest BCUT2D eigenvalue weighted by molar-refractivity contribution is 9.11. The molecule has 3 heteroatoms. The van der Waals surface area contributed by atoms with Crippen LogP contribution in [0.15, 0.2) is 15.9 Å². The van der Waals surface area contributed by atoms with Crippen LogP contribution in [0.1, 0.15) is 56.7 Å². The fourth-order valence-corrected chi connectivity index (χ4v) is 4.73. The van der Waals surface area contributed by atoms with E-state index in [1.165, 1.54) is 40.8 Å². The summed E-state index contributed by atoms with van der Waals surface area (Å²) in [4.78, 5) is 1.30. The van der Waals surface area contributed by atoms with Gasteiger partial charge in [0.15, 0.2) is 0 Å². The largest absolute Gasteiger partial charge is 0.390 e. The van der Waals surface area contributed by atoms with Gasteiger partial charge in [-0.3, -0.25) is 0 Å². The Morgan fingerprint density at radius 1 is 1.39 bits per heavy atom. The Bertz CT molecular complexity index is 376. The van der Waals surface area contributed by atoms with Crippen LogP contribution < -0.4 is 0 Å². The molecular weight excluding hydrogens is 308 g/mol. The minimum absolute atomic E-state index is 0.452. The molecule has 0 spiro atoms. The molecule has 1 nitrogen and oxygen atoms in total. The Kier molecular flexibility index (Phi) is 5.28. The van der Waals surface area contributed by atoms with Crippen molar-refractivity contribution in [3.63, 3.8) is 0 Å². The second-order valence-corrected chi connectivity index (χ2v) is 8.24. The monoisotopic (exact) mass is 330 g/mol. The molecule has 1 N–H and O–H groups in total. The molecule has 1 aliphatic carbocycles. The van der Waals surface area contributed by atoms with Gasteiger partial charge in [0.05, 0.1) is 9.39 Å². The number of thiophene rings is 1. The molecule has 0 bridgehead atoms. The highest BCUT2D eigenvalue weighted by Gasteiger charge is 2.31. The van der Waals surface area contributed by atoms with Crippen molar-refractivity contribution >= 4 is 27.3 Å². The van der Waals surface area contributed by atoms with E-state index < -0.39 is 5.60 Å². The van der Waals surface area contributed by atoms with Gasteiger partial charge in [0.2, 0.25) is 0 Å². The maximum Gasteiger partial charge on any atom is 0.0701 e. The standard InChI is InChI=1S/C15H23BrOS/c1-2-4-12-5-3-9-15(17,10-8-12)11-13-6-7-14(16)18-13/h6-7,12,17H,2-5,8-11H2,1H3. The van der Waals surface area contributed by atoms with Gasteiger partial charge in [-0.25, -0.2) is 0 Å². The van der Waals surface area contributed by atoms with Gasteiger partial charge in [-0.2, -0.15) is 0 Å². The van der Waals surface area contributed by atoms with Crippen LogP contribution in [0.4, 0.5) is 0 Å². The fourth-order valence-electron chi connectivity index (χ4n) is 3.11. The fraction of sp³-hybridized carbons (Fsp3) is 0.733. The van der Waals surface area contributed by atoms with Gasteiger partial charge in [0.1, 0.15) is 0 Å². The summed E-state index contributed by atoms with van der Waals surface area (Å²) in [5.74, 6) is 0.846. The molecular formula is C15H23BrOS. The molecule has 0 radical (unpaired) electrons. The summed E-state index contributed by atoms with van der Waals surface area (Å²) in [7, 11) is 0. The minimum atomic E-state index is -0.452. The highest BCUT2D eigenvalue weighted by Crippen LogP contribution is 2.36. The van der Waals surface area contributed by atoms with Gasteiger partial charge in [-0.1, -0.05) is 32.6 Å². The molecule has 2 unspecified atom stereocenters. The van der Waals surface area contributed by atoms with E-state index in [1.807, 2.05) is 0 Å². The molecule has 1 aliphatic rings. The maximum absolute atomic E-state index is 10.8. The molecule has 0 saturated heterocycles. The van der Waals surface area contributed by atoms with Gasteiger partial charge in [-0.15, -0.1) is 11.3 Å². The minimum Gasteiger partial charge on any atom is -0.390 e. The van der Waals surface area contributed by atoms with E-state index >= 15 is 0 Å². The zero-order chi connectivity index (χ0) is 13.0. The van der Waals surface area contributed by atoms with E-state index in [0.717, 1.165) is 25.2 Å². The summed E-state index contributed by atoms with van der Waals surface area (Å²) in [5.41, 5.74) is -0.452. The highest BCUT2D eigenvalue weighted by atomic mass is 79.9. The molecule has 0 aromatic carbocycles. The number of hydrogen-bond acceptors (Lipinski definition) is 2. The molecule has 2 atom stereocenters. The first kappa shape index (κ1) is 14.5. The summed E-state index contributed by atoms with van der Waals surface area (Å²) in [5, 5.41) is 10.8. The molecule has 1 saturated carbocycles. The first-order valence-corrected chi connectivity index (χ1v) is 8.69. The lowest BCUT2D eigenvalue weighted by Gasteiger charge is -2.26. The second-order valence-electron chi connectivity index (χ2n) is 5.69. The van der Waals surface area contributed by atoms with Crippen molar-refractivity contribution in [3.8, 4) is 0 Å². The molecule has 2 rings (SSSR count). The van der Waals surface area contributed by atoms with Crippen LogP contribution in [0.25, 0.3) is 0 Å². The van der Waals surface area contributed by atoms with Gasteiger partial charge < -0.3 is 5.11 Å². The van der Waals surface area contributed by atoms with E-state index in [9.17, 15) is 5.11 Å². The molecule has 0 amide bonds. The molecule has 18 heavy (non-hydrogen) atoms. The Balaban J connectivity index is 1.94. The molecule has 1 heterocycles. The van der Waals surface area contributed by atoms with E-state index in [4.69, 9.17) is 0 Å². The summed E-state index contributed by atoms with van der Waals surface area (Å²) in [6, 6.07) is 4.22. The third kappa shape index (κ3) is 4.07. The van der Waals surface area contributed by atoms with Crippen molar-refractivity contribution in [2.45, 2.75) is 63.9 Å². The number of rotatable bonds is 4. The van der Waals surface area contributed by atoms with Crippen LogP contribution in [-0.4, -0.2) is 10.7 Å². The van der Waals surface area contributed by atoms with Crippen LogP contribution in [0.5, 0.6) is 0 Å². The van der Waals surface area contributed by atoms with Gasteiger partial charge in [0, 0.05) is 11.3 Å². The van der Waals surface area contributed by atoms with Crippen LogP contribution in [0, 0.1) is 5.92 Å². The van der Waals surface area contributed by atoms with Gasteiger partial charge in [-0.05, 0) is 53.2 Å². The number of hydrogen-bond donors (Lipinski definition) is 1. The predicted molar refractivity (Wildman–Crippen MR) is 82.2 cm³/mol. The Morgan fingerprint density at radius 2 is 2.22 bits per heavy atom. The lowest BCUT2D eigenvalue weighted by atomic mass is 9.89. The first-order chi connectivity index (χ1) is 8.61. The normalized spacial score (nSPS) is 29.2. The quantitative estimate of drug-likeness (QED) is 0.755. The zero-order valence-electron chi connectivity index (χ0n) is 11.1. The SMILES string of the molecule is CCCC1CCCC(O)(Cc2ccc(Br)s2)CC1. The second kappa shape index (κ2) is 6.53. The van der Waals surface area contributed by atoms with Crippen LogP contribution in [0.3, 0.4) is 0 Å². The van der Waals surface area contributed by atoms with E-state index in [2.05, 4.69) is 35.0 Å². The first-order valence-electron chi connectivity index (χ1n) is 7.08. The zero-order valence-corrected chi connectivity index (χ0v) is 13.5. The van der Waals surface area contributed by atoms with E-state index in [0.29, 0.717) is 0 Å². The van der Waals surface area contributed by atoms with E-state index in [-0.39, 0.29) is 0 Å². The van der Waals surface area contributed by atoms with Gasteiger partial charge in [0.25, 0.3) is 0 Å². The lowest BCUT2D eigenvalue weighted by Crippen LogP contribution is -2.30. The van der Waals surface area contributed by atoms with Gasteiger partial charge >= 0.3 is 0 Å². The van der Waals surface area contributed by atoms with Crippen LogP contribution in [0.2, 0.25) is 0 Å². The summed E-state index contributed by atoms with van der Waals surface area (Å²) >= 11 is 5.25. The van der Waals surface area contributed by atoms with Crippen molar-refractivity contribution in [2.24, 2.45) is 5.92 Å². The average molecular weight is 331 g/mol. The predicted octanol–water partition coefficient (Wildman–Crippen LogP) is 5.16. The van der Waals surface area contributed by atoms with Crippen molar-refractivity contribution in [1.82, 2.24) is 0 Å². The smallest absolute Gasteiger partial charge is 0.0701 e. The molecule has 1 fully saturated rings. The summed E-state index contributed by atoms with van der Waals surface area (Å²) in [6.45, 7) is 2.26. The maximum atomic E-state index is 10.8. The lowest BCUT2D eigenvalue weighted by molar-refractivity contribution is 0.0248. The Morgan fingerprint density at radius 3 is 2.89 bits per heavy atom. The third-order valence-corrected chi connectivity index (χ3v) is 5.73. The number of halogens is 1. The van der Waals surface area contributed by atoms with Crippen molar-refractivity contribution in [3.05, 3.63) is 20.8 Å². The molecule has 1 aromatic rings. The summed E-state index contributed by atoms with van der Waals surface area (Å²) < 4.78 is 1.17. The molecule has 0 aliphatic heterocycles. The van der Waals surface area contributed by atoms with Crippen LogP contribution >= 0.6 is 27.3 Å². The van der Waals surface area contributed by atoms with E-state index in [1.54, 1.807) is 11.3 Å². The third-order valence-electron chi connectivity index (χ3n) is 4.10. The molecule has 1 aromatic heterocycles.